The van der Waals surface area contributed by atoms with Crippen molar-refractivity contribution in [3.05, 3.63) is 0 Å². The van der Waals surface area contributed by atoms with Gasteiger partial charge in [0.25, 0.3) is 0 Å². The van der Waals surface area contributed by atoms with Crippen LogP contribution in [0.15, 0.2) is 0 Å². The fraction of sp³-hybridized carbons (Fsp3) is 1.00. The van der Waals surface area contributed by atoms with Crippen LogP contribution in [0.4, 0.5) is 13.2 Å². The van der Waals surface area contributed by atoms with Gasteiger partial charge in [-0.3, -0.25) is 4.90 Å². The number of nitrogens with one attached hydrogen (secondary N) is 1. The maximum absolute atomic E-state index is 12.3. The fourth-order valence-corrected chi connectivity index (χ4v) is 3.41. The van der Waals surface area contributed by atoms with E-state index in [1.165, 1.54) is 12.8 Å². The molecule has 0 aromatic rings. The molecule has 2 rings (SSSR count). The number of hydrogen-bond donors (Lipinski definition) is 1. The van der Waals surface area contributed by atoms with Gasteiger partial charge >= 0.3 is 6.18 Å². The zero-order chi connectivity index (χ0) is 14.8. The van der Waals surface area contributed by atoms with Crippen molar-refractivity contribution in [2.75, 3.05) is 19.6 Å². The number of halogens is 3. The second kappa shape index (κ2) is 6.22. The molecule has 1 saturated carbocycles. The van der Waals surface area contributed by atoms with Gasteiger partial charge in [-0.25, -0.2) is 0 Å². The molecule has 1 aliphatic carbocycles. The Kier molecular flexibility index (Phi) is 5.00. The number of piperazine rings is 1. The van der Waals surface area contributed by atoms with Crippen LogP contribution in [-0.2, 0) is 0 Å². The SMILES string of the molecule is CCC1(CC)CN(CCCC(F)(F)F)C(C2CC2)CN1. The van der Waals surface area contributed by atoms with E-state index in [1.807, 2.05) is 0 Å². The molecule has 1 N–H and O–H groups in total. The van der Waals surface area contributed by atoms with Gasteiger partial charge in [-0.1, -0.05) is 13.8 Å². The van der Waals surface area contributed by atoms with Gasteiger partial charge in [0.2, 0.25) is 0 Å². The van der Waals surface area contributed by atoms with E-state index >= 15 is 0 Å². The monoisotopic (exact) mass is 292 g/mol. The lowest BCUT2D eigenvalue weighted by molar-refractivity contribution is -0.136. The predicted octanol–water partition coefficient (Wildman–Crippen LogP) is 3.57. The molecule has 0 bridgehead atoms. The highest BCUT2D eigenvalue weighted by Gasteiger charge is 2.43. The van der Waals surface area contributed by atoms with E-state index in [1.54, 1.807) is 0 Å². The Balaban J connectivity index is 1.92. The Labute approximate surface area is 120 Å². The van der Waals surface area contributed by atoms with Crippen LogP contribution in [0.3, 0.4) is 0 Å². The summed E-state index contributed by atoms with van der Waals surface area (Å²) < 4.78 is 37.0. The van der Waals surface area contributed by atoms with Gasteiger partial charge in [0.05, 0.1) is 0 Å². The maximum atomic E-state index is 12.3. The van der Waals surface area contributed by atoms with Gasteiger partial charge in [-0.05, 0) is 44.6 Å². The third-order valence-electron chi connectivity index (χ3n) is 5.09. The molecular formula is C15H27F3N2. The minimum absolute atomic E-state index is 0.101. The van der Waals surface area contributed by atoms with E-state index in [9.17, 15) is 13.2 Å². The van der Waals surface area contributed by atoms with Gasteiger partial charge in [0, 0.05) is 31.1 Å². The van der Waals surface area contributed by atoms with Gasteiger partial charge in [0.1, 0.15) is 0 Å². The molecule has 2 fully saturated rings. The van der Waals surface area contributed by atoms with Crippen molar-refractivity contribution in [1.29, 1.82) is 0 Å². The van der Waals surface area contributed by atoms with Gasteiger partial charge in [-0.15, -0.1) is 0 Å². The van der Waals surface area contributed by atoms with E-state index in [2.05, 4.69) is 24.1 Å². The smallest absolute Gasteiger partial charge is 0.308 e. The predicted molar refractivity (Wildman–Crippen MR) is 74.7 cm³/mol. The summed E-state index contributed by atoms with van der Waals surface area (Å²) in [5, 5.41) is 3.68. The quantitative estimate of drug-likeness (QED) is 0.805. The van der Waals surface area contributed by atoms with Crippen molar-refractivity contribution in [1.82, 2.24) is 10.2 Å². The molecule has 1 aliphatic heterocycles. The lowest BCUT2D eigenvalue weighted by atomic mass is 9.87. The Morgan fingerprint density at radius 3 is 2.35 bits per heavy atom. The minimum atomic E-state index is -4.02. The van der Waals surface area contributed by atoms with Crippen LogP contribution in [0.25, 0.3) is 0 Å². The molecule has 0 aromatic carbocycles. The van der Waals surface area contributed by atoms with Crippen LogP contribution in [0.2, 0.25) is 0 Å². The summed E-state index contributed by atoms with van der Waals surface area (Å²) in [6, 6.07) is 0.453. The third kappa shape index (κ3) is 4.10. The minimum Gasteiger partial charge on any atom is -0.308 e. The summed E-state index contributed by atoms with van der Waals surface area (Å²) >= 11 is 0. The third-order valence-corrected chi connectivity index (χ3v) is 5.09. The van der Waals surface area contributed by atoms with E-state index in [0.29, 0.717) is 18.5 Å². The molecule has 1 saturated heterocycles. The zero-order valence-corrected chi connectivity index (χ0v) is 12.6. The van der Waals surface area contributed by atoms with Crippen molar-refractivity contribution in [3.63, 3.8) is 0 Å². The van der Waals surface area contributed by atoms with Crippen molar-refractivity contribution in [2.45, 2.75) is 70.1 Å². The number of nitrogens with zero attached hydrogens (tertiary/aromatic N) is 1. The topological polar surface area (TPSA) is 15.3 Å². The Morgan fingerprint density at radius 2 is 1.85 bits per heavy atom. The molecule has 5 heteroatoms. The normalized spacial score (nSPS) is 27.8. The summed E-state index contributed by atoms with van der Waals surface area (Å²) in [6.45, 7) is 6.77. The summed E-state index contributed by atoms with van der Waals surface area (Å²) in [4.78, 5) is 2.34. The molecule has 1 atom stereocenters. The van der Waals surface area contributed by atoms with Crippen molar-refractivity contribution >= 4 is 0 Å². The summed E-state index contributed by atoms with van der Waals surface area (Å²) in [5.41, 5.74) is 0.101. The molecule has 20 heavy (non-hydrogen) atoms. The van der Waals surface area contributed by atoms with Crippen LogP contribution >= 0.6 is 0 Å². The van der Waals surface area contributed by atoms with Gasteiger partial charge < -0.3 is 5.32 Å². The summed E-state index contributed by atoms with van der Waals surface area (Å²) in [7, 11) is 0. The van der Waals surface area contributed by atoms with Crippen molar-refractivity contribution < 1.29 is 13.2 Å². The van der Waals surface area contributed by atoms with Crippen molar-refractivity contribution in [3.8, 4) is 0 Å². The highest BCUT2D eigenvalue weighted by Crippen LogP contribution is 2.38. The van der Waals surface area contributed by atoms with Crippen LogP contribution in [0, 0.1) is 5.92 Å². The Hall–Kier alpha value is -0.290. The van der Waals surface area contributed by atoms with Crippen LogP contribution in [0.5, 0.6) is 0 Å². The average molecular weight is 292 g/mol. The molecule has 0 amide bonds. The molecule has 1 heterocycles. The van der Waals surface area contributed by atoms with Gasteiger partial charge in [0.15, 0.2) is 0 Å². The lowest BCUT2D eigenvalue weighted by Gasteiger charge is -2.48. The first-order chi connectivity index (χ1) is 9.39. The molecule has 0 aromatic heterocycles. The fourth-order valence-electron chi connectivity index (χ4n) is 3.41. The highest BCUT2D eigenvalue weighted by atomic mass is 19.4. The van der Waals surface area contributed by atoms with Gasteiger partial charge in [-0.2, -0.15) is 13.2 Å². The molecule has 2 nitrogen and oxygen atoms in total. The molecule has 0 radical (unpaired) electrons. The first-order valence-corrected chi connectivity index (χ1v) is 7.95. The van der Waals surface area contributed by atoms with E-state index < -0.39 is 12.6 Å². The molecular weight excluding hydrogens is 265 g/mol. The van der Waals surface area contributed by atoms with E-state index in [0.717, 1.165) is 25.9 Å². The number of rotatable bonds is 6. The molecule has 2 aliphatic rings. The Bertz CT molecular complexity index is 309. The lowest BCUT2D eigenvalue weighted by Crippen LogP contribution is -2.64. The van der Waals surface area contributed by atoms with Crippen LogP contribution < -0.4 is 5.32 Å². The van der Waals surface area contributed by atoms with Crippen LogP contribution in [0.1, 0.15) is 52.4 Å². The second-order valence-corrected chi connectivity index (χ2v) is 6.46. The summed E-state index contributed by atoms with van der Waals surface area (Å²) in [5.74, 6) is 0.708. The standard InChI is InChI=1S/C15H27F3N2/c1-3-14(4-2)11-20(9-5-8-15(16,17)18)13(10-19-14)12-6-7-12/h12-13,19H,3-11H2,1-2H3. The summed E-state index contributed by atoms with van der Waals surface area (Å²) in [6.07, 6.45) is 0.125. The highest BCUT2D eigenvalue weighted by molar-refractivity contribution is 5.01. The molecule has 0 spiro atoms. The second-order valence-electron chi connectivity index (χ2n) is 6.46. The first kappa shape index (κ1) is 16.1. The zero-order valence-electron chi connectivity index (χ0n) is 12.6. The molecule has 118 valence electrons. The largest absolute Gasteiger partial charge is 0.389 e. The Morgan fingerprint density at radius 1 is 1.20 bits per heavy atom. The number of alkyl halides is 3. The maximum Gasteiger partial charge on any atom is 0.389 e. The van der Waals surface area contributed by atoms with E-state index in [4.69, 9.17) is 0 Å². The number of hydrogen-bond acceptors (Lipinski definition) is 2. The van der Waals surface area contributed by atoms with Crippen LogP contribution in [-0.4, -0.2) is 42.3 Å². The van der Waals surface area contributed by atoms with E-state index in [-0.39, 0.29) is 12.0 Å². The molecule has 1 unspecified atom stereocenters. The van der Waals surface area contributed by atoms with Crippen molar-refractivity contribution in [2.24, 2.45) is 5.92 Å². The first-order valence-electron chi connectivity index (χ1n) is 7.95. The average Bonchev–Trinajstić information content (AvgIpc) is 3.21.